The summed E-state index contributed by atoms with van der Waals surface area (Å²) in [6.45, 7) is 1.79. The molecule has 1 aromatic heterocycles. The number of nitrogens with zero attached hydrogens (tertiary/aromatic N) is 1. The lowest BCUT2D eigenvalue weighted by atomic mass is 9.65. The third-order valence-corrected chi connectivity index (χ3v) is 9.62. The molecule has 6 rings (SSSR count). The first kappa shape index (κ1) is 29.9. The van der Waals surface area contributed by atoms with Gasteiger partial charge in [-0.05, 0) is 79.0 Å². The van der Waals surface area contributed by atoms with Crippen molar-refractivity contribution in [3.63, 3.8) is 0 Å². The zero-order chi connectivity index (χ0) is 31.0. The molecule has 2 fully saturated rings. The van der Waals surface area contributed by atoms with Gasteiger partial charge in [-0.25, -0.2) is 4.79 Å². The topological polar surface area (TPSA) is 109 Å². The highest BCUT2D eigenvalue weighted by atomic mass is 16.5. The lowest BCUT2D eigenvalue weighted by molar-refractivity contribution is -0.163. The maximum atomic E-state index is 13.1. The summed E-state index contributed by atoms with van der Waals surface area (Å²) in [7, 11) is 7.74. The van der Waals surface area contributed by atoms with Gasteiger partial charge in [-0.15, -0.1) is 0 Å². The normalized spacial score (nSPS) is 24.6. The third-order valence-electron chi connectivity index (χ3n) is 9.62. The van der Waals surface area contributed by atoms with Crippen molar-refractivity contribution in [2.24, 2.45) is 17.8 Å². The standard InChI is InChI=1S/C34H40N2O8/c1-39-21-7-8-23-24-10-11-36-18-20-14-22(15-26(34(38)43-5)25(20)17-28(36)32(24)35-27(23)16-21)44-31(37)9-6-19-12-29(40-2)33(42-4)30(13-19)41-3/h6-9,12-13,16,20,22,25-26,28,35H,10-11,14-15,17-18H2,1-5H3/b9-6+/t20-,22-,25+,26-,28-/m1/s1. The SMILES string of the molecule is COC(=O)[C@@H]1C[C@H](OC(=O)/C=C/c2cc(OC)c(OC)c(OC)c2)C[C@@H]2CN3CCc4c([nH]c5cc(OC)ccc45)[C@H]3C[C@@H]21. The van der Waals surface area contributed by atoms with E-state index in [0.29, 0.717) is 35.7 Å². The maximum Gasteiger partial charge on any atom is 0.331 e. The van der Waals surface area contributed by atoms with Crippen molar-refractivity contribution in [2.75, 3.05) is 48.6 Å². The average molecular weight is 605 g/mol. The van der Waals surface area contributed by atoms with Crippen LogP contribution in [-0.4, -0.2) is 76.6 Å². The molecule has 1 saturated carbocycles. The first-order valence-electron chi connectivity index (χ1n) is 15.1. The van der Waals surface area contributed by atoms with Crippen LogP contribution in [0.2, 0.25) is 0 Å². The van der Waals surface area contributed by atoms with Crippen LogP contribution in [0.4, 0.5) is 0 Å². The summed E-state index contributed by atoms with van der Waals surface area (Å²) in [6.07, 6.45) is 5.64. The second-order valence-electron chi connectivity index (χ2n) is 11.8. The van der Waals surface area contributed by atoms with Crippen molar-refractivity contribution in [1.29, 1.82) is 0 Å². The summed E-state index contributed by atoms with van der Waals surface area (Å²) >= 11 is 0. The molecule has 10 nitrogen and oxygen atoms in total. The fourth-order valence-corrected chi connectivity index (χ4v) is 7.62. The summed E-state index contributed by atoms with van der Waals surface area (Å²) < 4.78 is 32.9. The molecule has 0 spiro atoms. The molecule has 0 radical (unpaired) electrons. The number of nitrogens with one attached hydrogen (secondary N) is 1. The summed E-state index contributed by atoms with van der Waals surface area (Å²) in [5.74, 6) is 1.60. The van der Waals surface area contributed by atoms with E-state index in [1.807, 2.05) is 6.07 Å². The molecule has 1 aliphatic carbocycles. The number of H-pyrrole nitrogens is 1. The van der Waals surface area contributed by atoms with Gasteiger partial charge in [0.15, 0.2) is 11.5 Å². The molecule has 234 valence electrons. The Morgan fingerprint density at radius 3 is 2.39 bits per heavy atom. The van der Waals surface area contributed by atoms with Gasteiger partial charge in [0.1, 0.15) is 11.9 Å². The second kappa shape index (κ2) is 12.4. The van der Waals surface area contributed by atoms with Gasteiger partial charge in [0.2, 0.25) is 5.75 Å². The number of piperidine rings is 1. The molecule has 0 unspecified atom stereocenters. The van der Waals surface area contributed by atoms with Gasteiger partial charge < -0.3 is 33.4 Å². The van der Waals surface area contributed by atoms with Crippen LogP contribution in [0, 0.1) is 17.8 Å². The van der Waals surface area contributed by atoms with Crippen LogP contribution in [-0.2, 0) is 25.5 Å². The number of esters is 2. The Morgan fingerprint density at radius 2 is 1.70 bits per heavy atom. The van der Waals surface area contributed by atoms with Crippen LogP contribution in [0.25, 0.3) is 17.0 Å². The molecule has 0 bridgehead atoms. The second-order valence-corrected chi connectivity index (χ2v) is 11.8. The molecular weight excluding hydrogens is 564 g/mol. The van der Waals surface area contributed by atoms with Gasteiger partial charge in [0.05, 0.1) is 47.5 Å². The van der Waals surface area contributed by atoms with Gasteiger partial charge in [-0.1, -0.05) is 0 Å². The summed E-state index contributed by atoms with van der Waals surface area (Å²) in [4.78, 5) is 32.3. The molecule has 3 aromatic rings. The fraction of sp³-hybridized carbons (Fsp3) is 0.471. The van der Waals surface area contributed by atoms with Crippen LogP contribution < -0.4 is 18.9 Å². The molecule has 0 amide bonds. The first-order valence-corrected chi connectivity index (χ1v) is 15.1. The highest BCUT2D eigenvalue weighted by Gasteiger charge is 2.49. The number of methoxy groups -OCH3 is 5. The number of hydrogen-bond acceptors (Lipinski definition) is 9. The number of carbonyl (C=O) groups excluding carboxylic acids is 2. The van der Waals surface area contributed by atoms with E-state index in [0.717, 1.165) is 37.2 Å². The Bertz CT molecular complexity index is 1550. The number of benzene rings is 2. The molecule has 10 heteroatoms. The van der Waals surface area contributed by atoms with Gasteiger partial charge in [-0.2, -0.15) is 0 Å². The van der Waals surface area contributed by atoms with Crippen molar-refractivity contribution in [3.8, 4) is 23.0 Å². The minimum atomic E-state index is -0.462. The van der Waals surface area contributed by atoms with Crippen LogP contribution in [0.1, 0.15) is 42.1 Å². The molecule has 3 aliphatic rings. The number of hydrogen-bond donors (Lipinski definition) is 1. The minimum Gasteiger partial charge on any atom is -0.497 e. The first-order chi connectivity index (χ1) is 21.4. The molecule has 3 heterocycles. The van der Waals surface area contributed by atoms with Crippen LogP contribution >= 0.6 is 0 Å². The Kier molecular flexibility index (Phi) is 8.44. The Morgan fingerprint density at radius 1 is 0.932 bits per heavy atom. The lowest BCUT2D eigenvalue weighted by Gasteiger charge is -2.51. The molecule has 2 aromatic carbocycles. The van der Waals surface area contributed by atoms with Crippen molar-refractivity contribution in [3.05, 3.63) is 53.2 Å². The minimum absolute atomic E-state index is 0.139. The highest BCUT2D eigenvalue weighted by Crippen LogP contribution is 2.50. The Hall–Kier alpha value is -4.18. The van der Waals surface area contributed by atoms with Crippen molar-refractivity contribution in [2.45, 2.75) is 37.8 Å². The molecule has 1 saturated heterocycles. The molecular formula is C34H40N2O8. The van der Waals surface area contributed by atoms with Gasteiger partial charge in [0, 0.05) is 41.8 Å². The molecule has 1 N–H and O–H groups in total. The van der Waals surface area contributed by atoms with Crippen molar-refractivity contribution >= 4 is 28.9 Å². The van der Waals surface area contributed by atoms with Gasteiger partial charge >= 0.3 is 11.9 Å². The van der Waals surface area contributed by atoms with Gasteiger partial charge in [0.25, 0.3) is 0 Å². The number of rotatable bonds is 8. The zero-order valence-electron chi connectivity index (χ0n) is 25.9. The average Bonchev–Trinajstić information content (AvgIpc) is 3.43. The predicted molar refractivity (Wildman–Crippen MR) is 164 cm³/mol. The summed E-state index contributed by atoms with van der Waals surface area (Å²) in [5, 5.41) is 1.24. The van der Waals surface area contributed by atoms with Crippen molar-refractivity contribution < 1.29 is 38.0 Å². The largest absolute Gasteiger partial charge is 0.497 e. The van der Waals surface area contributed by atoms with Crippen LogP contribution in [0.5, 0.6) is 23.0 Å². The Balaban J connectivity index is 1.18. The van der Waals surface area contributed by atoms with E-state index in [4.69, 9.17) is 28.4 Å². The lowest BCUT2D eigenvalue weighted by Crippen LogP contribution is -2.52. The zero-order valence-corrected chi connectivity index (χ0v) is 25.9. The van der Waals surface area contributed by atoms with Gasteiger partial charge in [-0.3, -0.25) is 9.69 Å². The fourth-order valence-electron chi connectivity index (χ4n) is 7.62. The number of carbonyl (C=O) groups is 2. The maximum absolute atomic E-state index is 13.1. The van der Waals surface area contributed by atoms with Crippen molar-refractivity contribution in [1.82, 2.24) is 9.88 Å². The summed E-state index contributed by atoms with van der Waals surface area (Å²) in [6, 6.07) is 9.92. The van der Waals surface area contributed by atoms with E-state index in [9.17, 15) is 9.59 Å². The quantitative estimate of drug-likeness (QED) is 0.282. The monoisotopic (exact) mass is 604 g/mol. The van der Waals surface area contributed by atoms with E-state index in [1.165, 1.54) is 36.9 Å². The number of fused-ring (bicyclic) bond motifs is 6. The van der Waals surface area contributed by atoms with E-state index < -0.39 is 5.97 Å². The smallest absolute Gasteiger partial charge is 0.331 e. The molecule has 5 atom stereocenters. The predicted octanol–water partition coefficient (Wildman–Crippen LogP) is 4.95. The number of aromatic nitrogens is 1. The van der Waals surface area contributed by atoms with Crippen LogP contribution in [0.3, 0.4) is 0 Å². The summed E-state index contributed by atoms with van der Waals surface area (Å²) in [5.41, 5.74) is 4.38. The van der Waals surface area contributed by atoms with Crippen LogP contribution in [0.15, 0.2) is 36.4 Å². The molecule has 2 aliphatic heterocycles. The highest BCUT2D eigenvalue weighted by molar-refractivity contribution is 5.88. The number of aromatic amines is 1. The van der Waals surface area contributed by atoms with E-state index >= 15 is 0 Å². The van der Waals surface area contributed by atoms with E-state index in [2.05, 4.69) is 22.0 Å². The third kappa shape index (κ3) is 5.47. The van der Waals surface area contributed by atoms with E-state index in [1.54, 1.807) is 39.5 Å². The Labute approximate surface area is 257 Å². The van der Waals surface area contributed by atoms with E-state index in [-0.39, 0.29) is 35.9 Å². The number of ether oxygens (including phenoxy) is 6. The molecule has 44 heavy (non-hydrogen) atoms.